The van der Waals surface area contributed by atoms with E-state index in [4.69, 9.17) is 14.6 Å². The van der Waals surface area contributed by atoms with Crippen LogP contribution >= 0.6 is 0 Å². The summed E-state index contributed by atoms with van der Waals surface area (Å²) in [6.45, 7) is 3.59. The largest absolute Gasteiger partial charge is 0.481 e. The van der Waals surface area contributed by atoms with Crippen LogP contribution in [0.1, 0.15) is 37.7 Å². The number of benzene rings is 2. The number of morpholine rings is 1. The molecule has 1 heterocycles. The minimum absolute atomic E-state index is 0.0148. The van der Waals surface area contributed by atoms with Gasteiger partial charge in [-0.05, 0) is 36.0 Å². The van der Waals surface area contributed by atoms with Crippen LogP contribution in [0.15, 0.2) is 66.7 Å². The first-order valence-corrected chi connectivity index (χ1v) is 12.7. The van der Waals surface area contributed by atoms with Gasteiger partial charge in [0.2, 0.25) is 0 Å². The molecule has 1 saturated carbocycles. The highest BCUT2D eigenvalue weighted by molar-refractivity contribution is 5.66. The Hall–Kier alpha value is -2.51. The van der Waals surface area contributed by atoms with Crippen LogP contribution in [0, 0.1) is 5.92 Å². The number of carbonyl (C=O) groups is 1. The first-order chi connectivity index (χ1) is 17.1. The molecule has 0 amide bonds. The van der Waals surface area contributed by atoms with Crippen molar-refractivity contribution < 1.29 is 24.5 Å². The van der Waals surface area contributed by atoms with Crippen LogP contribution in [0.4, 0.5) is 0 Å². The van der Waals surface area contributed by atoms with Crippen molar-refractivity contribution in [3.8, 4) is 11.1 Å². The minimum atomic E-state index is -0.772. The second-order valence-electron chi connectivity index (χ2n) is 9.50. The fourth-order valence-corrected chi connectivity index (χ4v) is 5.35. The minimum Gasteiger partial charge on any atom is -0.481 e. The molecule has 2 aliphatic rings. The van der Waals surface area contributed by atoms with Gasteiger partial charge in [0, 0.05) is 37.9 Å². The van der Waals surface area contributed by atoms with Gasteiger partial charge in [-0.2, -0.15) is 0 Å². The smallest absolute Gasteiger partial charge is 0.303 e. The van der Waals surface area contributed by atoms with Crippen LogP contribution in [0.2, 0.25) is 0 Å². The molecular formula is C29H37NO5. The van der Waals surface area contributed by atoms with Gasteiger partial charge in [-0.25, -0.2) is 0 Å². The fraction of sp³-hybridized carbons (Fsp3) is 0.483. The lowest BCUT2D eigenvalue weighted by atomic mass is 9.93. The van der Waals surface area contributed by atoms with Crippen molar-refractivity contribution in [1.82, 2.24) is 4.90 Å². The van der Waals surface area contributed by atoms with Crippen molar-refractivity contribution in [3.05, 3.63) is 72.3 Å². The first-order valence-electron chi connectivity index (χ1n) is 12.7. The Morgan fingerprint density at radius 1 is 1.00 bits per heavy atom. The van der Waals surface area contributed by atoms with Crippen molar-refractivity contribution in [2.24, 2.45) is 5.92 Å². The van der Waals surface area contributed by atoms with Crippen molar-refractivity contribution in [2.45, 2.75) is 57.0 Å². The molecule has 6 heteroatoms. The molecule has 1 aliphatic heterocycles. The van der Waals surface area contributed by atoms with Crippen molar-refractivity contribution in [3.63, 3.8) is 0 Å². The topological polar surface area (TPSA) is 79.2 Å². The number of aliphatic carboxylic acids is 1. The maximum absolute atomic E-state index is 11.0. The Bertz CT molecular complexity index is 939. The highest BCUT2D eigenvalue weighted by Gasteiger charge is 2.45. The third kappa shape index (κ3) is 7.24. The van der Waals surface area contributed by atoms with Crippen LogP contribution in [0.25, 0.3) is 11.1 Å². The fourth-order valence-electron chi connectivity index (χ4n) is 5.35. The van der Waals surface area contributed by atoms with E-state index in [1.165, 1.54) is 11.1 Å². The van der Waals surface area contributed by atoms with Gasteiger partial charge in [-0.1, -0.05) is 66.7 Å². The van der Waals surface area contributed by atoms with Crippen molar-refractivity contribution in [1.29, 1.82) is 0 Å². The third-order valence-electron chi connectivity index (χ3n) is 7.13. The molecule has 1 saturated heterocycles. The van der Waals surface area contributed by atoms with Crippen LogP contribution < -0.4 is 0 Å². The maximum atomic E-state index is 11.0. The molecular weight excluding hydrogens is 442 g/mol. The molecule has 1 aliphatic carbocycles. The van der Waals surface area contributed by atoms with Crippen molar-refractivity contribution >= 4 is 5.97 Å². The van der Waals surface area contributed by atoms with Gasteiger partial charge >= 0.3 is 5.97 Å². The third-order valence-corrected chi connectivity index (χ3v) is 7.13. The van der Waals surface area contributed by atoms with Crippen LogP contribution in [0.5, 0.6) is 0 Å². The van der Waals surface area contributed by atoms with E-state index in [-0.39, 0.29) is 24.5 Å². The predicted octanol–water partition coefficient (Wildman–Crippen LogP) is 4.52. The number of aliphatic hydroxyl groups is 1. The summed E-state index contributed by atoms with van der Waals surface area (Å²) in [5, 5.41) is 19.8. The lowest BCUT2D eigenvalue weighted by molar-refractivity contribution is -0.136. The zero-order valence-electron chi connectivity index (χ0n) is 20.3. The Balaban J connectivity index is 1.37. The highest BCUT2D eigenvalue weighted by Crippen LogP contribution is 2.37. The summed E-state index contributed by atoms with van der Waals surface area (Å²) in [7, 11) is 0. The second-order valence-corrected chi connectivity index (χ2v) is 9.50. The normalized spacial score (nSPS) is 25.3. The molecule has 0 spiro atoms. The van der Waals surface area contributed by atoms with E-state index < -0.39 is 12.1 Å². The number of rotatable bonds is 11. The number of carboxylic acid groups (broad SMARTS) is 1. The van der Waals surface area contributed by atoms with E-state index in [0.29, 0.717) is 32.7 Å². The number of allylic oxidation sites excluding steroid dienone is 2. The summed E-state index contributed by atoms with van der Waals surface area (Å²) in [6.07, 6.45) is 6.69. The molecule has 188 valence electrons. The van der Waals surface area contributed by atoms with Crippen LogP contribution in [-0.2, 0) is 20.9 Å². The van der Waals surface area contributed by atoms with Gasteiger partial charge in [-0.15, -0.1) is 0 Å². The molecule has 0 bridgehead atoms. The molecule has 35 heavy (non-hydrogen) atoms. The Labute approximate surface area is 208 Å². The molecule has 0 aromatic heterocycles. The van der Waals surface area contributed by atoms with Gasteiger partial charge in [0.1, 0.15) is 0 Å². The molecule has 4 unspecified atom stereocenters. The molecule has 2 fully saturated rings. The Kier molecular flexibility index (Phi) is 9.49. The zero-order chi connectivity index (χ0) is 24.5. The average Bonchev–Trinajstić information content (AvgIpc) is 3.20. The quantitative estimate of drug-likeness (QED) is 0.462. The van der Waals surface area contributed by atoms with Gasteiger partial charge in [0.15, 0.2) is 0 Å². The second kappa shape index (κ2) is 13.0. The van der Waals surface area contributed by atoms with E-state index in [1.807, 2.05) is 24.3 Å². The number of carboxylic acids is 1. The van der Waals surface area contributed by atoms with E-state index in [9.17, 15) is 9.90 Å². The van der Waals surface area contributed by atoms with Crippen LogP contribution in [0.3, 0.4) is 0 Å². The number of aliphatic hydroxyl groups excluding tert-OH is 1. The number of hydrogen-bond acceptors (Lipinski definition) is 5. The number of hydrogen-bond donors (Lipinski definition) is 2. The molecule has 2 aromatic rings. The highest BCUT2D eigenvalue weighted by atomic mass is 16.5. The summed E-state index contributed by atoms with van der Waals surface area (Å²) < 4.78 is 12.0. The SMILES string of the molecule is O=C(O)CC/C=C/CCC1C(OCc2ccc(-c3ccccc3)cc2)CC(O)C1N1CCOCC1. The lowest BCUT2D eigenvalue weighted by Gasteiger charge is -2.38. The van der Waals surface area contributed by atoms with Gasteiger partial charge in [0.25, 0.3) is 0 Å². The standard InChI is InChI=1S/C29H37NO5/c31-26-20-27(35-21-22-12-14-24(15-13-22)23-8-4-3-5-9-23)25(10-6-1-2-7-11-28(32)33)29(26)30-16-18-34-19-17-30/h1-5,8-9,12-15,25-27,29,31H,6-7,10-11,16-21H2,(H,32,33)/b2-1+. The molecule has 2 aromatic carbocycles. The lowest BCUT2D eigenvalue weighted by Crippen LogP contribution is -2.50. The maximum Gasteiger partial charge on any atom is 0.303 e. The first kappa shape index (κ1) is 25.6. The summed E-state index contributed by atoms with van der Waals surface area (Å²) in [4.78, 5) is 13.1. The Morgan fingerprint density at radius 3 is 2.40 bits per heavy atom. The van der Waals surface area contributed by atoms with E-state index in [0.717, 1.165) is 31.5 Å². The summed E-state index contributed by atoms with van der Waals surface area (Å²) in [6, 6.07) is 18.9. The molecule has 2 N–H and O–H groups in total. The number of nitrogens with zero attached hydrogens (tertiary/aromatic N) is 1. The Morgan fingerprint density at radius 2 is 1.69 bits per heavy atom. The van der Waals surface area contributed by atoms with Gasteiger partial charge < -0.3 is 19.7 Å². The van der Waals surface area contributed by atoms with E-state index >= 15 is 0 Å². The predicted molar refractivity (Wildman–Crippen MR) is 136 cm³/mol. The summed E-state index contributed by atoms with van der Waals surface area (Å²) in [5.74, 6) is -0.554. The molecule has 0 radical (unpaired) electrons. The van der Waals surface area contributed by atoms with Gasteiger partial charge in [0.05, 0.1) is 32.0 Å². The number of ether oxygens (including phenoxy) is 2. The molecule has 6 nitrogen and oxygen atoms in total. The zero-order valence-corrected chi connectivity index (χ0v) is 20.3. The summed E-state index contributed by atoms with van der Waals surface area (Å²) >= 11 is 0. The van der Waals surface area contributed by atoms with E-state index in [1.54, 1.807) is 0 Å². The summed E-state index contributed by atoms with van der Waals surface area (Å²) in [5.41, 5.74) is 3.51. The average molecular weight is 480 g/mol. The monoisotopic (exact) mass is 479 g/mol. The van der Waals surface area contributed by atoms with E-state index in [2.05, 4.69) is 47.4 Å². The van der Waals surface area contributed by atoms with Crippen molar-refractivity contribution in [2.75, 3.05) is 26.3 Å². The van der Waals surface area contributed by atoms with Gasteiger partial charge in [-0.3, -0.25) is 9.69 Å². The van der Waals surface area contributed by atoms with Crippen LogP contribution in [-0.4, -0.2) is 65.6 Å². The molecule has 4 atom stereocenters. The molecule has 4 rings (SSSR count).